The fourth-order valence-electron chi connectivity index (χ4n) is 1.33. The lowest BCUT2D eigenvalue weighted by atomic mass is 10.1. The highest BCUT2D eigenvalue weighted by atomic mass is 19.4. The van der Waals surface area contributed by atoms with Crippen LogP contribution in [0, 0.1) is 0 Å². The lowest BCUT2D eigenvalue weighted by Crippen LogP contribution is -2.56. The van der Waals surface area contributed by atoms with Crippen molar-refractivity contribution in [3.8, 4) is 11.5 Å². The van der Waals surface area contributed by atoms with E-state index in [4.69, 9.17) is 4.74 Å². The Labute approximate surface area is 125 Å². The van der Waals surface area contributed by atoms with Crippen molar-refractivity contribution in [2.24, 2.45) is 0 Å². The SMILES string of the molecule is C=C(Oc1ccc(OC)cc1)C(=O)C(F)(F)C(F)(F)C(F)(F)F. The second-order valence-electron chi connectivity index (χ2n) is 4.18. The second-order valence-corrected chi connectivity index (χ2v) is 4.18. The van der Waals surface area contributed by atoms with Crippen LogP contribution in [0.4, 0.5) is 30.7 Å². The van der Waals surface area contributed by atoms with E-state index in [0.29, 0.717) is 5.75 Å². The highest BCUT2D eigenvalue weighted by molar-refractivity contribution is 5.99. The number of alkyl halides is 7. The number of ether oxygens (including phenoxy) is 2. The van der Waals surface area contributed by atoms with E-state index in [2.05, 4.69) is 11.3 Å². The molecule has 23 heavy (non-hydrogen) atoms. The maximum atomic E-state index is 13.2. The fourth-order valence-corrected chi connectivity index (χ4v) is 1.33. The van der Waals surface area contributed by atoms with E-state index in [1.54, 1.807) is 0 Å². The zero-order valence-electron chi connectivity index (χ0n) is 11.4. The van der Waals surface area contributed by atoms with Crippen molar-refractivity contribution in [2.75, 3.05) is 7.11 Å². The van der Waals surface area contributed by atoms with Gasteiger partial charge >= 0.3 is 18.0 Å². The number of halogens is 7. The summed E-state index contributed by atoms with van der Waals surface area (Å²) in [4.78, 5) is 11.2. The van der Waals surface area contributed by atoms with Gasteiger partial charge in [-0.3, -0.25) is 4.79 Å². The zero-order chi connectivity index (χ0) is 18.1. The first-order valence-electron chi connectivity index (χ1n) is 5.72. The Kier molecular flexibility index (Phi) is 4.97. The quantitative estimate of drug-likeness (QED) is 0.444. The van der Waals surface area contributed by atoms with Crippen molar-refractivity contribution >= 4 is 5.78 Å². The summed E-state index contributed by atoms with van der Waals surface area (Å²) in [6.45, 7) is 2.67. The third kappa shape index (κ3) is 3.57. The molecule has 3 nitrogen and oxygen atoms in total. The van der Waals surface area contributed by atoms with Crippen LogP contribution in [0.25, 0.3) is 0 Å². The van der Waals surface area contributed by atoms with E-state index in [1.165, 1.54) is 19.2 Å². The van der Waals surface area contributed by atoms with Gasteiger partial charge in [0.1, 0.15) is 11.5 Å². The lowest BCUT2D eigenvalue weighted by Gasteiger charge is -2.27. The van der Waals surface area contributed by atoms with Crippen LogP contribution in [-0.2, 0) is 4.79 Å². The number of allylic oxidation sites excluding steroid dienone is 1. The van der Waals surface area contributed by atoms with Gasteiger partial charge in [-0.15, -0.1) is 0 Å². The molecule has 0 aromatic heterocycles. The second kappa shape index (κ2) is 6.09. The minimum Gasteiger partial charge on any atom is -0.497 e. The maximum absolute atomic E-state index is 13.2. The van der Waals surface area contributed by atoms with Gasteiger partial charge in [-0.05, 0) is 24.3 Å². The molecule has 1 rings (SSSR count). The molecule has 0 aliphatic heterocycles. The number of carbonyl (C=O) groups excluding carboxylic acids is 1. The first kappa shape index (κ1) is 18.8. The third-order valence-corrected chi connectivity index (χ3v) is 2.59. The van der Waals surface area contributed by atoms with Gasteiger partial charge < -0.3 is 9.47 Å². The van der Waals surface area contributed by atoms with E-state index in [1.807, 2.05) is 0 Å². The topological polar surface area (TPSA) is 35.5 Å². The van der Waals surface area contributed by atoms with Crippen LogP contribution in [0.3, 0.4) is 0 Å². The predicted molar refractivity (Wildman–Crippen MR) is 63.7 cm³/mol. The Morgan fingerprint density at radius 2 is 1.39 bits per heavy atom. The summed E-state index contributed by atoms with van der Waals surface area (Å²) in [6, 6.07) is 4.76. The molecule has 0 saturated heterocycles. The molecule has 0 aliphatic rings. The fraction of sp³-hybridized carbons (Fsp3) is 0.308. The predicted octanol–water partition coefficient (Wildman–Crippen LogP) is 3.99. The van der Waals surface area contributed by atoms with E-state index in [9.17, 15) is 35.5 Å². The standard InChI is InChI=1S/C13H9F7O3/c1-7(23-9-5-3-8(22-2)4-6-9)10(21)11(14,15)12(16,17)13(18,19)20/h3-6H,1H2,2H3. The number of rotatable bonds is 6. The normalized spacial score (nSPS) is 12.7. The molecule has 0 N–H and O–H groups in total. The minimum atomic E-state index is -6.62. The van der Waals surface area contributed by atoms with E-state index < -0.39 is 29.6 Å². The van der Waals surface area contributed by atoms with Crippen LogP contribution in [-0.4, -0.2) is 30.9 Å². The molecule has 0 saturated carbocycles. The molecule has 0 unspecified atom stereocenters. The molecule has 1 aromatic carbocycles. The van der Waals surface area contributed by atoms with Gasteiger partial charge in [-0.25, -0.2) is 0 Å². The summed E-state index contributed by atoms with van der Waals surface area (Å²) in [7, 11) is 1.32. The van der Waals surface area contributed by atoms with E-state index >= 15 is 0 Å². The maximum Gasteiger partial charge on any atom is 0.460 e. The molecule has 10 heteroatoms. The molecular weight excluding hydrogens is 337 g/mol. The van der Waals surface area contributed by atoms with Crippen molar-refractivity contribution in [2.45, 2.75) is 18.0 Å². The van der Waals surface area contributed by atoms with Gasteiger partial charge in [0, 0.05) is 0 Å². The van der Waals surface area contributed by atoms with Crippen molar-refractivity contribution in [1.82, 2.24) is 0 Å². The van der Waals surface area contributed by atoms with Crippen molar-refractivity contribution < 1.29 is 45.0 Å². The Balaban J connectivity index is 2.96. The highest BCUT2D eigenvalue weighted by Crippen LogP contribution is 2.47. The Morgan fingerprint density at radius 3 is 1.78 bits per heavy atom. The molecule has 0 fully saturated rings. The van der Waals surface area contributed by atoms with Crippen molar-refractivity contribution in [3.63, 3.8) is 0 Å². The summed E-state index contributed by atoms with van der Waals surface area (Å²) >= 11 is 0. The highest BCUT2D eigenvalue weighted by Gasteiger charge is 2.76. The van der Waals surface area contributed by atoms with Crippen molar-refractivity contribution in [3.05, 3.63) is 36.6 Å². The molecule has 1 aromatic rings. The Bertz CT molecular complexity index is 591. The summed E-state index contributed by atoms with van der Waals surface area (Å²) < 4.78 is 97.1. The summed E-state index contributed by atoms with van der Waals surface area (Å²) in [5.74, 6) is -17.0. The van der Waals surface area contributed by atoms with Gasteiger partial charge in [-0.2, -0.15) is 30.7 Å². The summed E-state index contributed by atoms with van der Waals surface area (Å²) in [6.07, 6.45) is -6.62. The largest absolute Gasteiger partial charge is 0.497 e. The van der Waals surface area contributed by atoms with Crippen LogP contribution in [0.1, 0.15) is 0 Å². The average Bonchev–Trinajstić information content (AvgIpc) is 2.45. The molecule has 0 aliphatic carbocycles. The molecule has 0 heterocycles. The molecule has 0 amide bonds. The van der Waals surface area contributed by atoms with Crippen LogP contribution < -0.4 is 9.47 Å². The van der Waals surface area contributed by atoms with Crippen LogP contribution in [0.5, 0.6) is 11.5 Å². The minimum absolute atomic E-state index is 0.282. The smallest absolute Gasteiger partial charge is 0.460 e. The van der Waals surface area contributed by atoms with Crippen LogP contribution >= 0.6 is 0 Å². The van der Waals surface area contributed by atoms with Crippen molar-refractivity contribution in [1.29, 1.82) is 0 Å². The van der Waals surface area contributed by atoms with Gasteiger partial charge in [0.2, 0.25) is 0 Å². The summed E-state index contributed by atoms with van der Waals surface area (Å²) in [5.41, 5.74) is 0. The van der Waals surface area contributed by atoms with Crippen LogP contribution in [0.2, 0.25) is 0 Å². The molecule has 128 valence electrons. The number of ketones is 1. The first-order valence-corrected chi connectivity index (χ1v) is 5.72. The number of Topliss-reactive ketones (excluding diaryl/α,β-unsaturated/α-hetero) is 1. The molecule has 0 bridgehead atoms. The number of hydrogen-bond acceptors (Lipinski definition) is 3. The van der Waals surface area contributed by atoms with Gasteiger partial charge in [0.25, 0.3) is 5.78 Å². The summed E-state index contributed by atoms with van der Waals surface area (Å²) in [5, 5.41) is 0. The number of carbonyl (C=O) groups is 1. The van der Waals surface area contributed by atoms with Crippen LogP contribution in [0.15, 0.2) is 36.6 Å². The number of methoxy groups -OCH3 is 1. The van der Waals surface area contributed by atoms with E-state index in [0.717, 1.165) is 12.1 Å². The van der Waals surface area contributed by atoms with E-state index in [-0.39, 0.29) is 5.75 Å². The number of hydrogen-bond donors (Lipinski definition) is 0. The molecule has 0 spiro atoms. The molecule has 0 atom stereocenters. The Morgan fingerprint density at radius 1 is 0.957 bits per heavy atom. The monoisotopic (exact) mass is 346 g/mol. The van der Waals surface area contributed by atoms with Gasteiger partial charge in [-0.1, -0.05) is 6.58 Å². The first-order chi connectivity index (χ1) is 10.3. The molecular formula is C13H9F7O3. The number of benzene rings is 1. The molecule has 0 radical (unpaired) electrons. The Hall–Kier alpha value is -2.26. The lowest BCUT2D eigenvalue weighted by molar-refractivity contribution is -0.343. The van der Waals surface area contributed by atoms with Gasteiger partial charge in [0.15, 0.2) is 5.76 Å². The zero-order valence-corrected chi connectivity index (χ0v) is 11.4. The third-order valence-electron chi connectivity index (χ3n) is 2.59. The van der Waals surface area contributed by atoms with Gasteiger partial charge in [0.05, 0.1) is 7.11 Å². The average molecular weight is 346 g/mol.